The first-order valence-electron chi connectivity index (χ1n) is 6.50. The summed E-state index contributed by atoms with van der Waals surface area (Å²) in [5.74, 6) is -0.429. The van der Waals surface area contributed by atoms with Crippen LogP contribution in [0.5, 0.6) is 0 Å². The lowest BCUT2D eigenvalue weighted by atomic mass is 10.2. The van der Waals surface area contributed by atoms with E-state index in [1.807, 2.05) is 21.0 Å². The number of thioether (sulfide) groups is 1. The summed E-state index contributed by atoms with van der Waals surface area (Å²) in [5.41, 5.74) is 0. The van der Waals surface area contributed by atoms with E-state index in [-0.39, 0.29) is 11.4 Å². The van der Waals surface area contributed by atoms with E-state index in [9.17, 15) is 14.7 Å². The first-order valence-corrected chi connectivity index (χ1v) is 7.54. The van der Waals surface area contributed by atoms with Crippen molar-refractivity contribution in [1.29, 1.82) is 0 Å². The summed E-state index contributed by atoms with van der Waals surface area (Å²) in [6.45, 7) is 3.29. The Morgan fingerprint density at radius 3 is 2.58 bits per heavy atom. The molecule has 1 N–H and O–H groups in total. The number of amides is 2. The quantitative estimate of drug-likeness (QED) is 0.805. The van der Waals surface area contributed by atoms with Crippen LogP contribution < -0.4 is 0 Å². The first-order chi connectivity index (χ1) is 8.91. The third-order valence-corrected chi connectivity index (χ3v) is 5.11. The number of hydrogen-bond acceptors (Lipinski definition) is 4. The number of carbonyl (C=O) groups excluding carboxylic acids is 1. The second-order valence-corrected chi connectivity index (χ2v) is 6.68. The van der Waals surface area contributed by atoms with Crippen LogP contribution in [0, 0.1) is 0 Å². The van der Waals surface area contributed by atoms with Gasteiger partial charge in [-0.1, -0.05) is 0 Å². The molecule has 0 radical (unpaired) electrons. The van der Waals surface area contributed by atoms with Gasteiger partial charge in [0.2, 0.25) is 0 Å². The van der Waals surface area contributed by atoms with Crippen molar-refractivity contribution in [2.75, 3.05) is 32.9 Å². The van der Waals surface area contributed by atoms with Gasteiger partial charge in [-0.3, -0.25) is 4.90 Å². The van der Waals surface area contributed by atoms with Crippen LogP contribution in [0.15, 0.2) is 0 Å². The van der Waals surface area contributed by atoms with Crippen molar-refractivity contribution >= 4 is 23.8 Å². The number of carbonyl (C=O) groups is 2. The van der Waals surface area contributed by atoms with Crippen molar-refractivity contribution in [3.05, 3.63) is 0 Å². The monoisotopic (exact) mass is 287 g/mol. The van der Waals surface area contributed by atoms with Gasteiger partial charge >= 0.3 is 12.0 Å². The summed E-state index contributed by atoms with van der Waals surface area (Å²) < 4.78 is 0. The molecule has 0 aromatic heterocycles. The summed E-state index contributed by atoms with van der Waals surface area (Å²) in [7, 11) is 4.01. The van der Waals surface area contributed by atoms with Crippen molar-refractivity contribution in [3.63, 3.8) is 0 Å². The molecule has 0 spiro atoms. The minimum atomic E-state index is -0.909. The van der Waals surface area contributed by atoms with E-state index in [0.717, 1.165) is 6.42 Å². The number of likely N-dealkylation sites (N-methyl/N-ethyl adjacent to an activating group) is 1. The maximum Gasteiger partial charge on any atom is 0.327 e. The molecule has 2 amide bonds. The Balaban J connectivity index is 2.05. The predicted molar refractivity (Wildman–Crippen MR) is 74.2 cm³/mol. The maximum absolute atomic E-state index is 12.5. The van der Waals surface area contributed by atoms with E-state index in [2.05, 4.69) is 4.90 Å². The zero-order valence-electron chi connectivity index (χ0n) is 11.6. The molecule has 19 heavy (non-hydrogen) atoms. The van der Waals surface area contributed by atoms with Gasteiger partial charge in [0.15, 0.2) is 0 Å². The van der Waals surface area contributed by atoms with Gasteiger partial charge in [0.05, 0.1) is 5.37 Å². The number of carboxylic acids is 1. The van der Waals surface area contributed by atoms with Crippen molar-refractivity contribution in [1.82, 2.24) is 14.7 Å². The van der Waals surface area contributed by atoms with E-state index in [0.29, 0.717) is 24.9 Å². The first kappa shape index (κ1) is 14.5. The fourth-order valence-electron chi connectivity index (χ4n) is 2.62. The van der Waals surface area contributed by atoms with Gasteiger partial charge < -0.3 is 14.9 Å². The Bertz CT molecular complexity index is 377. The summed E-state index contributed by atoms with van der Waals surface area (Å²) in [6.07, 6.45) is 0.950. The lowest BCUT2D eigenvalue weighted by Gasteiger charge is -2.30. The lowest BCUT2D eigenvalue weighted by molar-refractivity contribution is -0.141. The summed E-state index contributed by atoms with van der Waals surface area (Å²) >= 11 is 1.52. The van der Waals surface area contributed by atoms with E-state index in [1.165, 1.54) is 16.7 Å². The fourth-order valence-corrected chi connectivity index (χ4v) is 3.79. The highest BCUT2D eigenvalue weighted by molar-refractivity contribution is 8.00. The summed E-state index contributed by atoms with van der Waals surface area (Å²) in [5, 5.41) is 9.14. The van der Waals surface area contributed by atoms with Gasteiger partial charge in [-0.05, 0) is 27.4 Å². The zero-order valence-corrected chi connectivity index (χ0v) is 12.4. The Labute approximate surface area is 117 Å². The summed E-state index contributed by atoms with van der Waals surface area (Å²) in [4.78, 5) is 29.1. The molecule has 2 fully saturated rings. The number of urea groups is 1. The molecule has 2 aliphatic rings. The topological polar surface area (TPSA) is 64.1 Å². The van der Waals surface area contributed by atoms with E-state index < -0.39 is 12.0 Å². The fraction of sp³-hybridized carbons (Fsp3) is 0.833. The maximum atomic E-state index is 12.5. The largest absolute Gasteiger partial charge is 0.480 e. The number of carboxylic acid groups (broad SMARTS) is 1. The lowest BCUT2D eigenvalue weighted by Crippen LogP contribution is -2.51. The normalized spacial score (nSPS) is 31.3. The highest BCUT2D eigenvalue weighted by Crippen LogP contribution is 2.30. The zero-order chi connectivity index (χ0) is 14.2. The minimum Gasteiger partial charge on any atom is -0.480 e. The van der Waals surface area contributed by atoms with Gasteiger partial charge in [0.1, 0.15) is 6.04 Å². The van der Waals surface area contributed by atoms with Gasteiger partial charge in [0.25, 0.3) is 0 Å². The predicted octanol–water partition coefficient (Wildman–Crippen LogP) is 0.590. The molecule has 2 aliphatic heterocycles. The number of rotatable bonds is 2. The van der Waals surface area contributed by atoms with Crippen molar-refractivity contribution in [3.8, 4) is 0 Å². The third kappa shape index (κ3) is 2.81. The van der Waals surface area contributed by atoms with Crippen LogP contribution in [0.3, 0.4) is 0 Å². The molecule has 3 unspecified atom stereocenters. The number of aliphatic carboxylic acids is 1. The van der Waals surface area contributed by atoms with Gasteiger partial charge in [-0.2, -0.15) is 0 Å². The molecule has 0 saturated carbocycles. The number of likely N-dealkylation sites (tertiary alicyclic amines) is 1. The van der Waals surface area contributed by atoms with E-state index in [1.54, 1.807) is 4.90 Å². The molecular weight excluding hydrogens is 266 g/mol. The van der Waals surface area contributed by atoms with Crippen molar-refractivity contribution < 1.29 is 14.7 Å². The van der Waals surface area contributed by atoms with Gasteiger partial charge in [-0.25, -0.2) is 9.59 Å². The van der Waals surface area contributed by atoms with Crippen LogP contribution in [0.4, 0.5) is 4.79 Å². The molecular formula is C12H21N3O3S. The second kappa shape index (κ2) is 5.58. The Morgan fingerprint density at radius 1 is 1.37 bits per heavy atom. The van der Waals surface area contributed by atoms with Crippen molar-refractivity contribution in [2.45, 2.75) is 30.8 Å². The molecule has 0 bridgehead atoms. The molecule has 2 rings (SSSR count). The average Bonchev–Trinajstić information content (AvgIpc) is 2.94. The van der Waals surface area contributed by atoms with E-state index in [4.69, 9.17) is 0 Å². The van der Waals surface area contributed by atoms with Crippen molar-refractivity contribution in [2.24, 2.45) is 0 Å². The van der Waals surface area contributed by atoms with Crippen LogP contribution >= 0.6 is 11.8 Å². The van der Waals surface area contributed by atoms with E-state index >= 15 is 0 Å². The molecule has 2 heterocycles. The number of nitrogens with zero attached hydrogens (tertiary/aromatic N) is 3. The molecule has 7 heteroatoms. The molecule has 2 saturated heterocycles. The number of hydrogen-bond donors (Lipinski definition) is 1. The third-order valence-electron chi connectivity index (χ3n) is 3.89. The van der Waals surface area contributed by atoms with Crippen LogP contribution in [0.25, 0.3) is 0 Å². The summed E-state index contributed by atoms with van der Waals surface area (Å²) in [6, 6.07) is -0.446. The molecule has 3 atom stereocenters. The van der Waals surface area contributed by atoms with Crippen LogP contribution in [-0.2, 0) is 4.79 Å². The SMILES string of the molecule is CC1SCC(C(=O)O)N1C(=O)N1CCC(N(C)C)C1. The molecule has 108 valence electrons. The molecule has 6 nitrogen and oxygen atoms in total. The highest BCUT2D eigenvalue weighted by Gasteiger charge is 2.42. The smallest absolute Gasteiger partial charge is 0.327 e. The Kier molecular flexibility index (Phi) is 4.25. The molecule has 0 aliphatic carbocycles. The minimum absolute atomic E-state index is 0.0630. The van der Waals surface area contributed by atoms with Crippen LogP contribution in [-0.4, -0.2) is 82.2 Å². The van der Waals surface area contributed by atoms with Gasteiger partial charge in [0, 0.05) is 24.9 Å². The van der Waals surface area contributed by atoms with Gasteiger partial charge in [-0.15, -0.1) is 11.8 Å². The Morgan fingerprint density at radius 2 is 2.05 bits per heavy atom. The van der Waals surface area contributed by atoms with Crippen LogP contribution in [0.1, 0.15) is 13.3 Å². The molecule has 0 aromatic rings. The molecule has 0 aromatic carbocycles. The van der Waals surface area contributed by atoms with Crippen LogP contribution in [0.2, 0.25) is 0 Å². The Hall–Kier alpha value is -0.950. The standard InChI is InChI=1S/C12H21N3O3S/c1-8-15(10(7-19-8)11(16)17)12(18)14-5-4-9(6-14)13(2)3/h8-10H,4-7H2,1-3H3,(H,16,17). The average molecular weight is 287 g/mol. The second-order valence-electron chi connectivity index (χ2n) is 5.33. The highest BCUT2D eigenvalue weighted by atomic mass is 32.2.